The van der Waals surface area contributed by atoms with Gasteiger partial charge >= 0.3 is 0 Å². The maximum absolute atomic E-state index is 13.2. The zero-order valence-corrected chi connectivity index (χ0v) is 13.9. The molecule has 3 nitrogen and oxygen atoms in total. The lowest BCUT2D eigenvalue weighted by atomic mass is 10.2. The van der Waals surface area contributed by atoms with Crippen LogP contribution in [-0.2, 0) is 10.0 Å². The van der Waals surface area contributed by atoms with Crippen molar-refractivity contribution in [1.82, 2.24) is 0 Å². The summed E-state index contributed by atoms with van der Waals surface area (Å²) in [6.07, 6.45) is 0. The molecule has 5 heteroatoms. The van der Waals surface area contributed by atoms with Gasteiger partial charge in [0.2, 0.25) is 0 Å². The molecule has 0 aromatic heterocycles. The molecule has 3 rings (SSSR count). The summed E-state index contributed by atoms with van der Waals surface area (Å²) in [6.45, 7) is 1.89. The second-order valence-electron chi connectivity index (χ2n) is 5.39. The third kappa shape index (κ3) is 3.16. The van der Waals surface area contributed by atoms with E-state index in [0.29, 0.717) is 11.4 Å². The maximum Gasteiger partial charge on any atom is 0.268 e. The molecule has 0 aliphatic rings. The summed E-state index contributed by atoms with van der Waals surface area (Å²) in [5.41, 5.74) is 1.84. The average Bonchev–Trinajstić information content (AvgIpc) is 2.58. The van der Waals surface area contributed by atoms with E-state index in [2.05, 4.69) is 0 Å². The van der Waals surface area contributed by atoms with Crippen molar-refractivity contribution in [2.45, 2.75) is 11.8 Å². The molecule has 0 atom stereocenters. The number of anilines is 2. The summed E-state index contributed by atoms with van der Waals surface area (Å²) in [6, 6.07) is 20.8. The first-order valence-electron chi connectivity index (χ1n) is 7.41. The Kier molecular flexibility index (Phi) is 4.36. The van der Waals surface area contributed by atoms with E-state index < -0.39 is 15.8 Å². The molecule has 0 fully saturated rings. The van der Waals surface area contributed by atoms with Gasteiger partial charge in [-0.1, -0.05) is 35.9 Å². The van der Waals surface area contributed by atoms with Crippen LogP contribution in [0.2, 0.25) is 0 Å². The van der Waals surface area contributed by atoms with Crippen LogP contribution in [0.1, 0.15) is 5.56 Å². The van der Waals surface area contributed by atoms with Crippen LogP contribution in [0, 0.1) is 12.7 Å². The zero-order chi connectivity index (χ0) is 17.2. The van der Waals surface area contributed by atoms with Crippen LogP contribution >= 0.6 is 0 Å². The SMILES string of the molecule is Cc1ccc(S(=O)(=O)N(c2ccccc2)c2ccc(F)cc2)cc1. The fourth-order valence-electron chi connectivity index (χ4n) is 2.38. The minimum absolute atomic E-state index is 0.182. The van der Waals surface area contributed by atoms with Crippen molar-refractivity contribution >= 4 is 21.4 Å². The molecule has 3 aromatic rings. The number of sulfonamides is 1. The first-order valence-corrected chi connectivity index (χ1v) is 8.85. The van der Waals surface area contributed by atoms with E-state index in [1.165, 1.54) is 28.6 Å². The number of nitrogens with zero attached hydrogens (tertiary/aromatic N) is 1. The van der Waals surface area contributed by atoms with Gasteiger partial charge in [-0.05, 0) is 55.5 Å². The highest BCUT2D eigenvalue weighted by molar-refractivity contribution is 7.93. The monoisotopic (exact) mass is 341 g/mol. The number of para-hydroxylation sites is 1. The fraction of sp³-hybridized carbons (Fsp3) is 0.0526. The third-order valence-corrected chi connectivity index (χ3v) is 5.38. The lowest BCUT2D eigenvalue weighted by Crippen LogP contribution is -2.26. The smallest absolute Gasteiger partial charge is 0.235 e. The van der Waals surface area contributed by atoms with E-state index in [9.17, 15) is 12.8 Å². The minimum Gasteiger partial charge on any atom is -0.235 e. The van der Waals surface area contributed by atoms with Crippen LogP contribution in [-0.4, -0.2) is 8.42 Å². The topological polar surface area (TPSA) is 37.4 Å². The summed E-state index contributed by atoms with van der Waals surface area (Å²) < 4.78 is 40.8. The normalized spacial score (nSPS) is 11.2. The molecule has 0 amide bonds. The van der Waals surface area contributed by atoms with Gasteiger partial charge in [0, 0.05) is 0 Å². The molecule has 0 unspecified atom stereocenters. The van der Waals surface area contributed by atoms with Gasteiger partial charge in [-0.3, -0.25) is 0 Å². The summed E-state index contributed by atoms with van der Waals surface area (Å²) in [4.78, 5) is 0.182. The first kappa shape index (κ1) is 16.2. The van der Waals surface area contributed by atoms with Crippen molar-refractivity contribution in [3.63, 3.8) is 0 Å². The van der Waals surface area contributed by atoms with Crippen LogP contribution in [0.4, 0.5) is 15.8 Å². The second kappa shape index (κ2) is 6.45. The Hall–Kier alpha value is -2.66. The Labute approximate surface area is 141 Å². The summed E-state index contributed by atoms with van der Waals surface area (Å²) in [5, 5.41) is 0. The Morgan fingerprint density at radius 1 is 0.750 bits per heavy atom. The van der Waals surface area contributed by atoms with Crippen LogP contribution in [0.3, 0.4) is 0 Å². The number of hydrogen-bond donors (Lipinski definition) is 0. The van der Waals surface area contributed by atoms with Crippen molar-refractivity contribution < 1.29 is 12.8 Å². The number of halogens is 1. The van der Waals surface area contributed by atoms with Gasteiger partial charge in [0.25, 0.3) is 10.0 Å². The highest BCUT2D eigenvalue weighted by Gasteiger charge is 2.26. The first-order chi connectivity index (χ1) is 11.5. The van der Waals surface area contributed by atoms with Crippen molar-refractivity contribution in [2.75, 3.05) is 4.31 Å². The van der Waals surface area contributed by atoms with Crippen LogP contribution in [0.25, 0.3) is 0 Å². The third-order valence-electron chi connectivity index (χ3n) is 3.61. The molecule has 0 radical (unpaired) electrons. The minimum atomic E-state index is -3.83. The standard InChI is InChI=1S/C19H16FNO2S/c1-15-7-13-19(14-8-15)24(22,23)21(17-5-3-2-4-6-17)18-11-9-16(20)10-12-18/h2-14H,1H3. The number of rotatable bonds is 4. The van der Waals surface area contributed by atoms with E-state index in [1.54, 1.807) is 48.5 Å². The van der Waals surface area contributed by atoms with Gasteiger partial charge in [0.1, 0.15) is 5.82 Å². The predicted octanol–water partition coefficient (Wildman–Crippen LogP) is 4.66. The molecule has 0 heterocycles. The number of hydrogen-bond acceptors (Lipinski definition) is 2. The summed E-state index contributed by atoms with van der Waals surface area (Å²) >= 11 is 0. The lowest BCUT2D eigenvalue weighted by Gasteiger charge is -2.24. The Bertz CT molecular complexity index is 921. The maximum atomic E-state index is 13.2. The van der Waals surface area contributed by atoms with E-state index in [0.717, 1.165) is 5.56 Å². The second-order valence-corrected chi connectivity index (χ2v) is 7.18. The predicted molar refractivity (Wildman–Crippen MR) is 93.3 cm³/mol. The molecule has 3 aromatic carbocycles. The molecule has 0 spiro atoms. The summed E-state index contributed by atoms with van der Waals surface area (Å²) in [7, 11) is -3.83. The number of aryl methyl sites for hydroxylation is 1. The van der Waals surface area contributed by atoms with Crippen LogP contribution < -0.4 is 4.31 Å². The molecule has 0 aliphatic carbocycles. The molecular weight excluding hydrogens is 325 g/mol. The van der Waals surface area contributed by atoms with Crippen molar-refractivity contribution in [3.8, 4) is 0 Å². The lowest BCUT2D eigenvalue weighted by molar-refractivity contribution is 0.596. The Morgan fingerprint density at radius 2 is 1.29 bits per heavy atom. The largest absolute Gasteiger partial charge is 0.268 e. The van der Waals surface area contributed by atoms with E-state index in [1.807, 2.05) is 13.0 Å². The molecule has 0 saturated heterocycles. The van der Waals surface area contributed by atoms with Crippen LogP contribution in [0.5, 0.6) is 0 Å². The van der Waals surface area contributed by atoms with Gasteiger partial charge < -0.3 is 0 Å². The van der Waals surface area contributed by atoms with Gasteiger partial charge in [0.15, 0.2) is 0 Å². The fourth-order valence-corrected chi connectivity index (χ4v) is 3.87. The Balaban J connectivity index is 2.17. The quantitative estimate of drug-likeness (QED) is 0.692. The zero-order valence-electron chi connectivity index (χ0n) is 13.1. The van der Waals surface area contributed by atoms with Gasteiger partial charge in [-0.15, -0.1) is 0 Å². The molecule has 0 bridgehead atoms. The highest BCUT2D eigenvalue weighted by Crippen LogP contribution is 2.32. The van der Waals surface area contributed by atoms with E-state index in [4.69, 9.17) is 0 Å². The molecule has 0 saturated carbocycles. The van der Waals surface area contributed by atoms with Gasteiger partial charge in [-0.2, -0.15) is 0 Å². The van der Waals surface area contributed by atoms with Gasteiger partial charge in [0.05, 0.1) is 16.3 Å². The van der Waals surface area contributed by atoms with Gasteiger partial charge in [-0.25, -0.2) is 17.1 Å². The number of benzene rings is 3. The molecular formula is C19H16FNO2S. The highest BCUT2D eigenvalue weighted by atomic mass is 32.2. The molecule has 0 aliphatic heterocycles. The van der Waals surface area contributed by atoms with Crippen LogP contribution in [0.15, 0.2) is 83.8 Å². The Morgan fingerprint density at radius 3 is 1.88 bits per heavy atom. The molecule has 122 valence electrons. The molecule has 0 N–H and O–H groups in total. The van der Waals surface area contributed by atoms with Crippen molar-refractivity contribution in [1.29, 1.82) is 0 Å². The average molecular weight is 341 g/mol. The van der Waals surface area contributed by atoms with E-state index in [-0.39, 0.29) is 4.90 Å². The molecule has 24 heavy (non-hydrogen) atoms. The summed E-state index contributed by atoms with van der Waals surface area (Å²) in [5.74, 6) is -0.417. The van der Waals surface area contributed by atoms with Crippen molar-refractivity contribution in [2.24, 2.45) is 0 Å². The van der Waals surface area contributed by atoms with E-state index >= 15 is 0 Å². The van der Waals surface area contributed by atoms with Crippen molar-refractivity contribution in [3.05, 3.63) is 90.2 Å².